The van der Waals surface area contributed by atoms with Crippen molar-refractivity contribution < 1.29 is 28.5 Å². The average Bonchev–Trinajstić information content (AvgIpc) is 3.39. The number of hydrogen-bond donors (Lipinski definition) is 2. The molecule has 0 aliphatic carbocycles. The first kappa shape index (κ1) is 25.1. The first-order chi connectivity index (χ1) is 17.9. The van der Waals surface area contributed by atoms with Gasteiger partial charge in [0.2, 0.25) is 0 Å². The van der Waals surface area contributed by atoms with E-state index in [0.29, 0.717) is 29.9 Å². The number of fused-ring (bicyclic) bond motifs is 1. The highest BCUT2D eigenvalue weighted by Gasteiger charge is 2.28. The van der Waals surface area contributed by atoms with Gasteiger partial charge < -0.3 is 19.7 Å². The average molecular weight is 508 g/mol. The standard InChI is InChI=1S/C30H31F2NO4/c1-19(33-11-10-21(16-31)17-33)18-36-25-6-2-20(3-7-25)12-30-27(26-15-24(35)4-8-28(26)32)14-22-13-23(34)5-9-29(22)37-30/h2-9,13-15,19,21,30,34-35H,10-12,16-18H2,1H3/t19-,21?,30?/m0/s1. The molecule has 2 aliphatic rings. The normalized spacial score (nSPS) is 20.1. The van der Waals surface area contributed by atoms with Crippen molar-refractivity contribution in [3.05, 3.63) is 83.2 Å². The molecule has 0 saturated carbocycles. The number of alkyl halides is 1. The minimum atomic E-state index is -0.501. The fourth-order valence-corrected chi connectivity index (χ4v) is 5.02. The number of likely N-dealkylation sites (tertiary alicyclic amines) is 1. The van der Waals surface area contributed by atoms with E-state index >= 15 is 0 Å². The number of rotatable bonds is 8. The van der Waals surface area contributed by atoms with Crippen molar-refractivity contribution in [2.24, 2.45) is 5.92 Å². The quantitative estimate of drug-likeness (QED) is 0.401. The Hall–Kier alpha value is -3.58. The van der Waals surface area contributed by atoms with E-state index in [9.17, 15) is 19.0 Å². The Bertz CT molecular complexity index is 1280. The van der Waals surface area contributed by atoms with E-state index in [1.165, 1.54) is 18.2 Å². The smallest absolute Gasteiger partial charge is 0.131 e. The van der Waals surface area contributed by atoms with Crippen LogP contribution in [0.2, 0.25) is 0 Å². The van der Waals surface area contributed by atoms with Crippen molar-refractivity contribution >= 4 is 11.6 Å². The van der Waals surface area contributed by atoms with Crippen molar-refractivity contribution in [1.82, 2.24) is 4.90 Å². The van der Waals surface area contributed by atoms with Crippen LogP contribution in [0.4, 0.5) is 8.78 Å². The van der Waals surface area contributed by atoms with E-state index in [-0.39, 0.29) is 35.7 Å². The van der Waals surface area contributed by atoms with Gasteiger partial charge in [-0.1, -0.05) is 12.1 Å². The molecule has 0 spiro atoms. The molecule has 1 saturated heterocycles. The van der Waals surface area contributed by atoms with Gasteiger partial charge in [0.15, 0.2) is 0 Å². The van der Waals surface area contributed by atoms with Crippen LogP contribution in [-0.4, -0.2) is 53.6 Å². The summed E-state index contributed by atoms with van der Waals surface area (Å²) in [6.07, 6.45) is 2.66. The Morgan fingerprint density at radius 1 is 1.05 bits per heavy atom. The number of phenols is 2. The van der Waals surface area contributed by atoms with Crippen molar-refractivity contribution in [1.29, 1.82) is 0 Å². The molecule has 2 N–H and O–H groups in total. The molecule has 194 valence electrons. The highest BCUT2D eigenvalue weighted by Crippen LogP contribution is 2.39. The lowest BCUT2D eigenvalue weighted by Gasteiger charge is -2.28. The number of aromatic hydroxyl groups is 2. The highest BCUT2D eigenvalue weighted by atomic mass is 19.1. The van der Waals surface area contributed by atoms with Crippen LogP contribution in [0.15, 0.2) is 60.7 Å². The van der Waals surface area contributed by atoms with Crippen LogP contribution < -0.4 is 9.47 Å². The SMILES string of the molecule is C[C@@H](COc1ccc(CC2Oc3ccc(O)cc3C=C2c2cc(O)ccc2F)cc1)N1CCC(CF)C1. The van der Waals surface area contributed by atoms with Crippen LogP contribution in [0, 0.1) is 11.7 Å². The molecular formula is C30H31F2NO4. The van der Waals surface area contributed by atoms with Crippen LogP contribution in [-0.2, 0) is 6.42 Å². The molecule has 3 aromatic carbocycles. The maximum absolute atomic E-state index is 14.8. The Morgan fingerprint density at radius 3 is 2.57 bits per heavy atom. The molecule has 0 radical (unpaired) electrons. The third-order valence-corrected chi connectivity index (χ3v) is 7.18. The molecular weight excluding hydrogens is 476 g/mol. The topological polar surface area (TPSA) is 62.2 Å². The summed E-state index contributed by atoms with van der Waals surface area (Å²) >= 11 is 0. The summed E-state index contributed by atoms with van der Waals surface area (Å²) in [5.74, 6) is 1.06. The molecule has 7 heteroatoms. The largest absolute Gasteiger partial charge is 0.508 e. The molecule has 0 aromatic heterocycles. The van der Waals surface area contributed by atoms with Crippen LogP contribution in [0.1, 0.15) is 30.0 Å². The minimum absolute atomic E-state index is 0.0392. The lowest BCUT2D eigenvalue weighted by atomic mass is 9.91. The monoisotopic (exact) mass is 507 g/mol. The van der Waals surface area contributed by atoms with Crippen LogP contribution >= 0.6 is 0 Å². The van der Waals surface area contributed by atoms with E-state index in [2.05, 4.69) is 11.8 Å². The summed E-state index contributed by atoms with van der Waals surface area (Å²) < 4.78 is 39.9. The molecule has 3 aromatic rings. The number of ether oxygens (including phenoxy) is 2. The van der Waals surface area contributed by atoms with Crippen LogP contribution in [0.3, 0.4) is 0 Å². The van der Waals surface area contributed by atoms with Crippen molar-refractivity contribution in [2.75, 3.05) is 26.4 Å². The van der Waals surface area contributed by atoms with Crippen LogP contribution in [0.5, 0.6) is 23.0 Å². The summed E-state index contributed by atoms with van der Waals surface area (Å²) in [6.45, 7) is 4.04. The molecule has 2 unspecified atom stereocenters. The van der Waals surface area contributed by atoms with Crippen molar-refractivity contribution in [3.63, 3.8) is 0 Å². The van der Waals surface area contributed by atoms with Gasteiger partial charge in [0, 0.05) is 41.6 Å². The lowest BCUT2D eigenvalue weighted by Crippen LogP contribution is -2.35. The number of benzene rings is 3. The van der Waals surface area contributed by atoms with Gasteiger partial charge in [-0.3, -0.25) is 9.29 Å². The summed E-state index contributed by atoms with van der Waals surface area (Å²) in [5, 5.41) is 19.9. The van der Waals surface area contributed by atoms with E-state index in [0.717, 1.165) is 30.8 Å². The second-order valence-electron chi connectivity index (χ2n) is 9.90. The third-order valence-electron chi connectivity index (χ3n) is 7.18. The van der Waals surface area contributed by atoms with E-state index in [1.807, 2.05) is 24.3 Å². The molecule has 2 heterocycles. The zero-order chi connectivity index (χ0) is 25.9. The van der Waals surface area contributed by atoms with Gasteiger partial charge >= 0.3 is 0 Å². The molecule has 1 fully saturated rings. The molecule has 2 aliphatic heterocycles. The second kappa shape index (κ2) is 10.8. The Labute approximate surface area is 215 Å². The van der Waals surface area contributed by atoms with Gasteiger partial charge in [-0.2, -0.15) is 0 Å². The lowest BCUT2D eigenvalue weighted by molar-refractivity contribution is 0.165. The second-order valence-corrected chi connectivity index (χ2v) is 9.90. The first-order valence-corrected chi connectivity index (χ1v) is 12.6. The van der Waals surface area contributed by atoms with Crippen molar-refractivity contribution in [3.8, 4) is 23.0 Å². The molecule has 0 amide bonds. The number of hydrogen-bond acceptors (Lipinski definition) is 5. The summed E-state index contributed by atoms with van der Waals surface area (Å²) in [7, 11) is 0. The van der Waals surface area contributed by atoms with E-state index < -0.39 is 11.9 Å². The van der Waals surface area contributed by atoms with Crippen LogP contribution in [0.25, 0.3) is 11.6 Å². The summed E-state index contributed by atoms with van der Waals surface area (Å²) in [5.41, 5.74) is 2.45. The van der Waals surface area contributed by atoms with Gasteiger partial charge in [0.25, 0.3) is 0 Å². The maximum Gasteiger partial charge on any atom is 0.131 e. The van der Waals surface area contributed by atoms with Gasteiger partial charge in [-0.15, -0.1) is 0 Å². The van der Waals surface area contributed by atoms with Gasteiger partial charge in [-0.25, -0.2) is 4.39 Å². The molecule has 5 rings (SSSR count). The molecule has 0 bridgehead atoms. The third kappa shape index (κ3) is 5.72. The highest BCUT2D eigenvalue weighted by molar-refractivity contribution is 5.88. The number of phenolic OH excluding ortho intramolecular Hbond substituents is 2. The number of nitrogens with zero attached hydrogens (tertiary/aromatic N) is 1. The Morgan fingerprint density at radius 2 is 1.81 bits per heavy atom. The Kier molecular flexibility index (Phi) is 7.33. The summed E-state index contributed by atoms with van der Waals surface area (Å²) in [4.78, 5) is 2.27. The first-order valence-electron chi connectivity index (χ1n) is 12.6. The number of halogens is 2. The van der Waals surface area contributed by atoms with Gasteiger partial charge in [0.1, 0.15) is 41.5 Å². The van der Waals surface area contributed by atoms with Gasteiger partial charge in [-0.05, 0) is 80.1 Å². The predicted octanol–water partition coefficient (Wildman–Crippen LogP) is 5.84. The van der Waals surface area contributed by atoms with Gasteiger partial charge in [0.05, 0.1) is 6.67 Å². The van der Waals surface area contributed by atoms with E-state index in [1.54, 1.807) is 24.3 Å². The minimum Gasteiger partial charge on any atom is -0.508 e. The zero-order valence-electron chi connectivity index (χ0n) is 20.7. The molecule has 5 nitrogen and oxygen atoms in total. The Balaban J connectivity index is 1.30. The van der Waals surface area contributed by atoms with E-state index in [4.69, 9.17) is 9.47 Å². The maximum atomic E-state index is 14.8. The predicted molar refractivity (Wildman–Crippen MR) is 139 cm³/mol. The fourth-order valence-electron chi connectivity index (χ4n) is 5.02. The molecule has 3 atom stereocenters. The van der Waals surface area contributed by atoms with Crippen molar-refractivity contribution in [2.45, 2.75) is 31.9 Å². The molecule has 37 heavy (non-hydrogen) atoms. The zero-order valence-corrected chi connectivity index (χ0v) is 20.7. The fraction of sp³-hybridized carbons (Fsp3) is 0.333. The summed E-state index contributed by atoms with van der Waals surface area (Å²) in [6, 6.07) is 16.7.